The number of H-pyrrole nitrogens is 1. The summed E-state index contributed by atoms with van der Waals surface area (Å²) >= 11 is 1.02. The Kier molecular flexibility index (Phi) is 3.68. The number of fused-ring (bicyclic) bond motifs is 1. The van der Waals surface area contributed by atoms with Crippen molar-refractivity contribution in [3.05, 3.63) is 56.2 Å². The van der Waals surface area contributed by atoms with Crippen LogP contribution in [0.3, 0.4) is 0 Å². The summed E-state index contributed by atoms with van der Waals surface area (Å²) in [5.41, 5.74) is 4.27. The van der Waals surface area contributed by atoms with Gasteiger partial charge in [-0.1, -0.05) is 11.3 Å². The highest BCUT2D eigenvalue weighted by Crippen LogP contribution is 2.28. The van der Waals surface area contributed by atoms with Crippen molar-refractivity contribution in [3.8, 4) is 6.07 Å². The second-order valence-corrected chi connectivity index (χ2v) is 6.24. The number of nitrogens with one attached hydrogen (secondary N) is 1. The molecule has 0 aliphatic carbocycles. The van der Waals surface area contributed by atoms with Crippen molar-refractivity contribution in [2.45, 2.75) is 13.8 Å². The zero-order valence-corrected chi connectivity index (χ0v) is 13.3. The smallest absolute Gasteiger partial charge is 0.324 e. The van der Waals surface area contributed by atoms with Gasteiger partial charge in [0, 0.05) is 10.9 Å². The lowest BCUT2D eigenvalue weighted by molar-refractivity contribution is -0.380. The minimum Gasteiger partial charge on any atom is -0.337 e. The van der Waals surface area contributed by atoms with Gasteiger partial charge in [-0.3, -0.25) is 10.1 Å². The zero-order valence-electron chi connectivity index (χ0n) is 12.5. The van der Waals surface area contributed by atoms with Crippen molar-refractivity contribution in [2.24, 2.45) is 0 Å². The van der Waals surface area contributed by atoms with Crippen LogP contribution in [-0.4, -0.2) is 14.9 Å². The first-order chi connectivity index (χ1) is 11.0. The largest absolute Gasteiger partial charge is 0.337 e. The summed E-state index contributed by atoms with van der Waals surface area (Å²) in [5, 5.41) is 20.2. The topological polar surface area (TPSA) is 95.6 Å². The number of imidazole rings is 1. The molecular formula is C16H12N4O2S. The van der Waals surface area contributed by atoms with Crippen LogP contribution in [0.1, 0.15) is 21.8 Å². The Morgan fingerprint density at radius 3 is 2.78 bits per heavy atom. The molecule has 0 radical (unpaired) electrons. The van der Waals surface area contributed by atoms with E-state index < -0.39 is 4.92 Å². The first-order valence-corrected chi connectivity index (χ1v) is 7.63. The van der Waals surface area contributed by atoms with E-state index in [-0.39, 0.29) is 5.00 Å². The maximum atomic E-state index is 10.7. The molecule has 0 atom stereocenters. The number of aryl methyl sites for hydroxylation is 2. The Morgan fingerprint density at radius 2 is 2.13 bits per heavy atom. The van der Waals surface area contributed by atoms with E-state index in [2.05, 4.69) is 16.0 Å². The van der Waals surface area contributed by atoms with Gasteiger partial charge in [0.25, 0.3) is 0 Å². The SMILES string of the molecule is Cc1cc2nc(/C(C#N)=C/c3ccc([N+](=O)[O-])s3)[nH]c2cc1C. The van der Waals surface area contributed by atoms with Gasteiger partial charge >= 0.3 is 5.00 Å². The van der Waals surface area contributed by atoms with Crippen LogP contribution in [0.2, 0.25) is 0 Å². The summed E-state index contributed by atoms with van der Waals surface area (Å²) in [5.74, 6) is 0.462. The van der Waals surface area contributed by atoms with E-state index >= 15 is 0 Å². The van der Waals surface area contributed by atoms with Crippen LogP contribution in [0.25, 0.3) is 22.7 Å². The van der Waals surface area contributed by atoms with E-state index in [0.717, 1.165) is 33.5 Å². The lowest BCUT2D eigenvalue weighted by Gasteiger charge is -1.97. The normalized spacial score (nSPS) is 11.6. The monoisotopic (exact) mass is 324 g/mol. The highest BCUT2D eigenvalue weighted by molar-refractivity contribution is 7.16. The van der Waals surface area contributed by atoms with Crippen molar-refractivity contribution in [3.63, 3.8) is 0 Å². The Bertz CT molecular complexity index is 952. The minimum absolute atomic E-state index is 0.0457. The van der Waals surface area contributed by atoms with Gasteiger partial charge in [-0.2, -0.15) is 5.26 Å². The number of rotatable bonds is 3. The molecule has 0 unspecified atom stereocenters. The number of thiophene rings is 1. The molecule has 0 aliphatic rings. The first kappa shape index (κ1) is 14.9. The summed E-state index contributed by atoms with van der Waals surface area (Å²) in [7, 11) is 0. The lowest BCUT2D eigenvalue weighted by atomic mass is 10.1. The number of allylic oxidation sites excluding steroid dienone is 1. The van der Waals surface area contributed by atoms with E-state index in [1.54, 1.807) is 12.1 Å². The molecule has 0 aliphatic heterocycles. The first-order valence-electron chi connectivity index (χ1n) is 6.81. The summed E-state index contributed by atoms with van der Waals surface area (Å²) in [6, 6.07) is 9.11. The molecule has 6 nitrogen and oxygen atoms in total. The van der Waals surface area contributed by atoms with Crippen molar-refractivity contribution in [2.75, 3.05) is 0 Å². The van der Waals surface area contributed by atoms with E-state index in [9.17, 15) is 15.4 Å². The fourth-order valence-electron chi connectivity index (χ4n) is 2.21. The highest BCUT2D eigenvalue weighted by atomic mass is 32.1. The average Bonchev–Trinajstić information content (AvgIpc) is 3.12. The number of hydrogen-bond acceptors (Lipinski definition) is 5. The summed E-state index contributed by atoms with van der Waals surface area (Å²) in [4.78, 5) is 18.5. The maximum Gasteiger partial charge on any atom is 0.324 e. The molecule has 3 rings (SSSR count). The van der Waals surface area contributed by atoms with E-state index in [1.165, 1.54) is 6.07 Å². The maximum absolute atomic E-state index is 10.7. The molecule has 0 fully saturated rings. The van der Waals surface area contributed by atoms with Crippen LogP contribution < -0.4 is 0 Å². The van der Waals surface area contributed by atoms with Crippen LogP contribution >= 0.6 is 11.3 Å². The molecule has 114 valence electrons. The Labute approximate surface area is 135 Å². The molecule has 2 aromatic heterocycles. The molecule has 1 aromatic carbocycles. The van der Waals surface area contributed by atoms with Crippen molar-refractivity contribution >= 4 is 39.0 Å². The third-order valence-electron chi connectivity index (χ3n) is 3.55. The van der Waals surface area contributed by atoms with E-state index in [4.69, 9.17) is 0 Å². The van der Waals surface area contributed by atoms with Crippen molar-refractivity contribution < 1.29 is 4.92 Å². The molecule has 0 bridgehead atoms. The van der Waals surface area contributed by atoms with Crippen LogP contribution in [0.15, 0.2) is 24.3 Å². The fourth-order valence-corrected chi connectivity index (χ4v) is 2.98. The molecule has 0 amide bonds. The van der Waals surface area contributed by atoms with Gasteiger partial charge in [0.1, 0.15) is 11.9 Å². The van der Waals surface area contributed by atoms with Gasteiger partial charge in [0.05, 0.1) is 21.5 Å². The fraction of sp³-hybridized carbons (Fsp3) is 0.125. The molecule has 7 heteroatoms. The van der Waals surface area contributed by atoms with Gasteiger partial charge < -0.3 is 4.98 Å². The number of aromatic nitrogens is 2. The number of nitriles is 1. The Hall–Kier alpha value is -2.98. The van der Waals surface area contributed by atoms with E-state index in [1.807, 2.05) is 26.0 Å². The standard InChI is InChI=1S/C16H12N4O2S/c1-9-5-13-14(6-10(9)2)19-16(18-13)11(8-17)7-12-3-4-15(23-12)20(21)22/h3-7H,1-2H3,(H,18,19)/b11-7+. The van der Waals surface area contributed by atoms with Crippen molar-refractivity contribution in [1.82, 2.24) is 9.97 Å². The van der Waals surface area contributed by atoms with Gasteiger partial charge in [-0.25, -0.2) is 4.98 Å². The van der Waals surface area contributed by atoms with Gasteiger partial charge in [0.2, 0.25) is 0 Å². The van der Waals surface area contributed by atoms with Gasteiger partial charge in [0.15, 0.2) is 0 Å². The Morgan fingerprint density at radius 1 is 1.39 bits per heavy atom. The second kappa shape index (κ2) is 5.66. The number of nitro groups is 1. The molecule has 0 saturated heterocycles. The van der Waals surface area contributed by atoms with Gasteiger partial charge in [-0.05, 0) is 49.2 Å². The minimum atomic E-state index is -0.444. The van der Waals surface area contributed by atoms with E-state index in [0.29, 0.717) is 16.3 Å². The lowest BCUT2D eigenvalue weighted by Crippen LogP contribution is -1.83. The number of aromatic amines is 1. The second-order valence-electron chi connectivity index (χ2n) is 5.14. The number of hydrogen-bond donors (Lipinski definition) is 1. The van der Waals surface area contributed by atoms with Crippen molar-refractivity contribution in [1.29, 1.82) is 5.26 Å². The summed E-state index contributed by atoms with van der Waals surface area (Å²) in [6.07, 6.45) is 1.61. The molecular weight excluding hydrogens is 312 g/mol. The number of nitrogens with zero attached hydrogens (tertiary/aromatic N) is 3. The average molecular weight is 324 g/mol. The molecule has 1 N–H and O–H groups in total. The Balaban J connectivity index is 2.05. The predicted molar refractivity (Wildman–Crippen MR) is 90.0 cm³/mol. The van der Waals surface area contributed by atoms with Crippen LogP contribution in [0.5, 0.6) is 0 Å². The molecule has 2 heterocycles. The summed E-state index contributed by atoms with van der Waals surface area (Å²) in [6.45, 7) is 4.02. The molecule has 3 aromatic rings. The third kappa shape index (κ3) is 2.84. The number of benzene rings is 1. The predicted octanol–water partition coefficient (Wildman–Crippen LogP) is 4.21. The zero-order chi connectivity index (χ0) is 16.6. The van der Waals surface area contributed by atoms with Gasteiger partial charge in [-0.15, -0.1) is 0 Å². The highest BCUT2D eigenvalue weighted by Gasteiger charge is 2.12. The molecule has 0 saturated carbocycles. The third-order valence-corrected chi connectivity index (χ3v) is 4.54. The van der Waals surface area contributed by atoms with Crippen LogP contribution in [0.4, 0.5) is 5.00 Å². The molecule has 0 spiro atoms. The van der Waals surface area contributed by atoms with Crippen LogP contribution in [0, 0.1) is 35.3 Å². The van der Waals surface area contributed by atoms with Crippen LogP contribution in [-0.2, 0) is 0 Å². The summed E-state index contributed by atoms with van der Waals surface area (Å²) < 4.78 is 0. The molecule has 23 heavy (non-hydrogen) atoms. The quantitative estimate of drug-likeness (QED) is 0.443.